The van der Waals surface area contributed by atoms with Gasteiger partial charge in [0.25, 0.3) is 0 Å². The molecular weight excluding hydrogens is 705 g/mol. The molecule has 0 aliphatic rings. The molecule has 0 amide bonds. The molecule has 0 heterocycles. The van der Waals surface area contributed by atoms with Crippen LogP contribution in [0, 0.1) is 0 Å². The molecule has 0 fully saturated rings. The van der Waals surface area contributed by atoms with Crippen LogP contribution in [0.4, 0.5) is 0 Å². The maximum Gasteiger partial charge on any atom is 0.305 e. The highest BCUT2D eigenvalue weighted by Gasteiger charge is 2.08. The van der Waals surface area contributed by atoms with Crippen molar-refractivity contribution in [1.82, 2.24) is 10.2 Å². The Morgan fingerprint density at radius 3 is 1.16 bits per heavy atom. The highest BCUT2D eigenvalue weighted by Crippen LogP contribution is 2.12. The summed E-state index contributed by atoms with van der Waals surface area (Å²) in [6, 6.07) is 0. The number of likely N-dealkylation sites (N-methyl/N-ethyl adjacent to an activating group) is 1. The van der Waals surface area contributed by atoms with Gasteiger partial charge >= 0.3 is 11.9 Å². The van der Waals surface area contributed by atoms with Crippen molar-refractivity contribution < 1.29 is 19.1 Å². The molecule has 0 aromatic carbocycles. The summed E-state index contributed by atoms with van der Waals surface area (Å²) in [5.74, 6) is -0.0747. The fourth-order valence-corrected chi connectivity index (χ4v) is 6.87. The maximum absolute atomic E-state index is 12.2. The van der Waals surface area contributed by atoms with Gasteiger partial charge in [-0.1, -0.05) is 152 Å². The van der Waals surface area contributed by atoms with Crippen LogP contribution >= 0.6 is 0 Å². The number of hydrogen-bond acceptors (Lipinski definition) is 6. The van der Waals surface area contributed by atoms with Crippen molar-refractivity contribution in [3.63, 3.8) is 0 Å². The van der Waals surface area contributed by atoms with Crippen molar-refractivity contribution in [2.24, 2.45) is 0 Å². The molecule has 0 aromatic heterocycles. The molecule has 6 nitrogen and oxygen atoms in total. The average Bonchev–Trinajstić information content (AvgIpc) is 3.21. The second-order valence-corrected chi connectivity index (χ2v) is 16.2. The van der Waals surface area contributed by atoms with Crippen LogP contribution in [0.2, 0.25) is 0 Å². The molecule has 6 heteroatoms. The normalized spacial score (nSPS) is 12.1. The molecule has 0 unspecified atom stereocenters. The van der Waals surface area contributed by atoms with Gasteiger partial charge in [-0.15, -0.1) is 0 Å². The third-order valence-electron chi connectivity index (χ3n) is 10.6. The minimum atomic E-state index is -0.0373. The Morgan fingerprint density at radius 2 is 0.772 bits per heavy atom. The van der Waals surface area contributed by atoms with Gasteiger partial charge in [0, 0.05) is 25.9 Å². The van der Waals surface area contributed by atoms with E-state index in [1.165, 1.54) is 116 Å². The summed E-state index contributed by atoms with van der Waals surface area (Å²) in [6.45, 7) is 9.76. The predicted molar refractivity (Wildman–Crippen MR) is 248 cm³/mol. The molecule has 0 aliphatic heterocycles. The molecule has 332 valence electrons. The van der Waals surface area contributed by atoms with Crippen molar-refractivity contribution in [1.29, 1.82) is 0 Å². The van der Waals surface area contributed by atoms with E-state index in [1.807, 2.05) is 7.05 Å². The van der Waals surface area contributed by atoms with Crippen molar-refractivity contribution in [3.8, 4) is 0 Å². The quantitative estimate of drug-likeness (QED) is 0.0376. The summed E-state index contributed by atoms with van der Waals surface area (Å²) < 4.78 is 11.0. The number of unbranched alkanes of at least 4 members (excludes halogenated alkanes) is 22. The third kappa shape index (κ3) is 46.4. The van der Waals surface area contributed by atoms with Crippen LogP contribution in [0.1, 0.15) is 219 Å². The number of nitrogens with one attached hydrogen (secondary N) is 1. The minimum Gasteiger partial charge on any atom is -0.466 e. The van der Waals surface area contributed by atoms with Gasteiger partial charge in [-0.3, -0.25) is 9.59 Å². The number of rotatable bonds is 45. The van der Waals surface area contributed by atoms with Crippen LogP contribution in [0.3, 0.4) is 0 Å². The smallest absolute Gasteiger partial charge is 0.305 e. The van der Waals surface area contributed by atoms with Gasteiger partial charge in [0.15, 0.2) is 0 Å². The van der Waals surface area contributed by atoms with Crippen molar-refractivity contribution >= 4 is 11.9 Å². The molecule has 57 heavy (non-hydrogen) atoms. The lowest BCUT2D eigenvalue weighted by atomic mass is 10.1. The van der Waals surface area contributed by atoms with E-state index in [1.54, 1.807) is 0 Å². The minimum absolute atomic E-state index is 0.0373. The zero-order chi connectivity index (χ0) is 41.4. The summed E-state index contributed by atoms with van der Waals surface area (Å²) in [5, 5.41) is 3.27. The second-order valence-electron chi connectivity index (χ2n) is 16.2. The Bertz CT molecular complexity index is 887. The molecule has 0 aromatic rings. The van der Waals surface area contributed by atoms with E-state index in [2.05, 4.69) is 72.7 Å². The fourth-order valence-electron chi connectivity index (χ4n) is 6.87. The van der Waals surface area contributed by atoms with E-state index in [0.29, 0.717) is 26.1 Å². The number of nitrogens with zero attached hydrogens (tertiary/aromatic N) is 1. The monoisotopic (exact) mass is 799 g/mol. The molecule has 0 bridgehead atoms. The first kappa shape index (κ1) is 54.8. The van der Waals surface area contributed by atoms with Gasteiger partial charge in [-0.05, 0) is 123 Å². The summed E-state index contributed by atoms with van der Waals surface area (Å²) in [7, 11) is 2.00. The fraction of sp³-hybridized carbons (Fsp3) is 0.804. The largest absolute Gasteiger partial charge is 0.466 e. The molecule has 0 saturated heterocycles. The maximum atomic E-state index is 12.2. The zero-order valence-electron chi connectivity index (χ0n) is 38.1. The van der Waals surface area contributed by atoms with Crippen molar-refractivity contribution in [2.45, 2.75) is 219 Å². The first-order valence-electron chi connectivity index (χ1n) is 24.4. The van der Waals surface area contributed by atoms with Crippen LogP contribution < -0.4 is 5.32 Å². The van der Waals surface area contributed by atoms with E-state index in [-0.39, 0.29) is 11.9 Å². The number of carbonyl (C=O) groups excluding carboxylic acids is 2. The predicted octanol–water partition coefficient (Wildman–Crippen LogP) is 14.3. The van der Waals surface area contributed by atoms with E-state index in [0.717, 1.165) is 103 Å². The molecule has 1 N–H and O–H groups in total. The molecule has 0 saturated carbocycles. The van der Waals surface area contributed by atoms with Crippen molar-refractivity contribution in [3.05, 3.63) is 48.6 Å². The third-order valence-corrected chi connectivity index (χ3v) is 10.6. The van der Waals surface area contributed by atoms with E-state index >= 15 is 0 Å². The molecule has 0 atom stereocenters. The van der Waals surface area contributed by atoms with Gasteiger partial charge in [-0.2, -0.15) is 0 Å². The van der Waals surface area contributed by atoms with E-state index in [4.69, 9.17) is 9.47 Å². The highest BCUT2D eigenvalue weighted by atomic mass is 16.5. The zero-order valence-corrected chi connectivity index (χ0v) is 38.1. The van der Waals surface area contributed by atoms with Crippen LogP contribution in [-0.4, -0.2) is 63.3 Å². The van der Waals surface area contributed by atoms with E-state index < -0.39 is 0 Å². The standard InChI is InChI=1S/C51H94N2O4/c1-4-6-8-10-12-14-16-18-20-22-24-26-28-30-32-40-48-56-50(54)42-36-34-38-45-53(47-44-52-3)46-39-35-37-43-51(55)57-49-41-33-31-29-27-25-23-21-19-17-15-13-11-9-7-5-2/h12-15,18-21,52H,4-11,16-17,22-49H2,1-3H3/b14-12-,15-13-,20-18-,21-19-. The lowest BCUT2D eigenvalue weighted by Gasteiger charge is -2.22. The lowest BCUT2D eigenvalue weighted by Crippen LogP contribution is -2.32. The average molecular weight is 799 g/mol. The van der Waals surface area contributed by atoms with Gasteiger partial charge in [0.1, 0.15) is 0 Å². The highest BCUT2D eigenvalue weighted by molar-refractivity contribution is 5.69. The van der Waals surface area contributed by atoms with Gasteiger partial charge in [0.2, 0.25) is 0 Å². The first-order valence-corrected chi connectivity index (χ1v) is 24.4. The lowest BCUT2D eigenvalue weighted by molar-refractivity contribution is -0.144. The Labute approximate surface area is 354 Å². The number of allylic oxidation sites excluding steroid dienone is 8. The molecule has 0 radical (unpaired) electrons. The van der Waals surface area contributed by atoms with Crippen LogP contribution in [0.15, 0.2) is 48.6 Å². The van der Waals surface area contributed by atoms with Gasteiger partial charge in [-0.25, -0.2) is 0 Å². The number of carbonyl (C=O) groups is 2. The van der Waals surface area contributed by atoms with Crippen LogP contribution in [0.5, 0.6) is 0 Å². The Balaban J connectivity index is 3.65. The van der Waals surface area contributed by atoms with Crippen molar-refractivity contribution in [2.75, 3.05) is 46.4 Å². The molecule has 0 rings (SSSR count). The van der Waals surface area contributed by atoms with Crippen LogP contribution in [-0.2, 0) is 19.1 Å². The Hall–Kier alpha value is -2.18. The topological polar surface area (TPSA) is 67.9 Å². The number of ether oxygens (including phenoxy) is 2. The molecular formula is C51H94N2O4. The summed E-state index contributed by atoms with van der Waals surface area (Å²) in [6.07, 6.45) is 55.0. The van der Waals surface area contributed by atoms with E-state index in [9.17, 15) is 9.59 Å². The van der Waals surface area contributed by atoms with Gasteiger partial charge in [0.05, 0.1) is 13.2 Å². The molecule has 0 aliphatic carbocycles. The second kappa shape index (κ2) is 48.2. The summed E-state index contributed by atoms with van der Waals surface area (Å²) in [5.41, 5.74) is 0. The SMILES string of the molecule is CCCCC/C=C\C/C=C\CCCCCCCCOC(=O)CCCCCN(CCCCCC(=O)OCCCCCCCC/C=C\C/C=C\CCCCC)CCNC. The number of hydrogen-bond donors (Lipinski definition) is 1. The molecule has 0 spiro atoms. The van der Waals surface area contributed by atoms with Crippen LogP contribution in [0.25, 0.3) is 0 Å². The first-order chi connectivity index (χ1) is 28.1. The summed E-state index contributed by atoms with van der Waals surface area (Å²) >= 11 is 0. The summed E-state index contributed by atoms with van der Waals surface area (Å²) in [4.78, 5) is 26.9. The Morgan fingerprint density at radius 1 is 0.421 bits per heavy atom. The Kier molecular flexibility index (Phi) is 46.3. The van der Waals surface area contributed by atoms with Gasteiger partial charge < -0.3 is 19.7 Å². The number of esters is 2.